The summed E-state index contributed by atoms with van der Waals surface area (Å²) < 4.78 is 0. The molecule has 0 unspecified atom stereocenters. The lowest BCUT2D eigenvalue weighted by atomic mass is 9.73. The second kappa shape index (κ2) is 15.7. The molecule has 2 heteroatoms. The SMILES string of the molecule is CCO.CC[B]CC. The van der Waals surface area contributed by atoms with Gasteiger partial charge < -0.3 is 5.11 Å². The number of rotatable bonds is 2. The molecule has 0 rings (SSSR count). The van der Waals surface area contributed by atoms with Gasteiger partial charge in [0.25, 0.3) is 0 Å². The monoisotopic (exact) mass is 115 g/mol. The highest BCUT2D eigenvalue weighted by Gasteiger charge is 1.72. The van der Waals surface area contributed by atoms with Crippen LogP contribution in [0.1, 0.15) is 20.8 Å². The van der Waals surface area contributed by atoms with E-state index in [-0.39, 0.29) is 6.61 Å². The Kier molecular flexibility index (Phi) is 21.5. The Morgan fingerprint density at radius 2 is 1.38 bits per heavy atom. The molecule has 0 aromatic rings. The first kappa shape index (κ1) is 10.9. The fourth-order valence-electron chi connectivity index (χ4n) is 0.289. The van der Waals surface area contributed by atoms with Crippen LogP contribution >= 0.6 is 0 Å². The van der Waals surface area contributed by atoms with E-state index in [0.29, 0.717) is 0 Å². The molecule has 1 nitrogen and oxygen atoms in total. The molecule has 0 aliphatic heterocycles. The van der Waals surface area contributed by atoms with Crippen molar-refractivity contribution in [3.05, 3.63) is 0 Å². The predicted molar refractivity (Wildman–Crippen MR) is 39.5 cm³/mol. The lowest BCUT2D eigenvalue weighted by molar-refractivity contribution is 0.318. The quantitative estimate of drug-likeness (QED) is 0.541. The van der Waals surface area contributed by atoms with Crippen molar-refractivity contribution in [2.45, 2.75) is 33.4 Å². The molecule has 0 bridgehead atoms. The van der Waals surface area contributed by atoms with E-state index >= 15 is 0 Å². The molecule has 49 valence electrons. The zero-order chi connectivity index (χ0) is 6.83. The molecule has 0 saturated heterocycles. The fourth-order valence-corrected chi connectivity index (χ4v) is 0.289. The van der Waals surface area contributed by atoms with Crippen LogP contribution in [-0.4, -0.2) is 19.0 Å². The minimum atomic E-state index is 0.250. The van der Waals surface area contributed by atoms with E-state index in [1.165, 1.54) is 12.6 Å². The highest BCUT2D eigenvalue weighted by Crippen LogP contribution is 1.77. The summed E-state index contributed by atoms with van der Waals surface area (Å²) in [5.74, 6) is 0. The highest BCUT2D eigenvalue weighted by atomic mass is 16.2. The summed E-state index contributed by atoms with van der Waals surface area (Å²) in [6.45, 7) is 6.24. The first-order valence-corrected chi connectivity index (χ1v) is 3.25. The van der Waals surface area contributed by atoms with Crippen LogP contribution in [0, 0.1) is 0 Å². The number of hydrogen-bond donors (Lipinski definition) is 1. The normalized spacial score (nSPS) is 7.00. The van der Waals surface area contributed by atoms with Gasteiger partial charge in [0.2, 0.25) is 0 Å². The first-order chi connectivity index (χ1) is 3.83. The van der Waals surface area contributed by atoms with Crippen LogP contribution < -0.4 is 0 Å². The average molecular weight is 115 g/mol. The molecular weight excluding hydrogens is 98.9 g/mol. The Morgan fingerprint density at radius 1 is 1.12 bits per heavy atom. The Hall–Kier alpha value is 0.0249. The van der Waals surface area contributed by atoms with Crippen molar-refractivity contribution in [1.82, 2.24) is 0 Å². The Labute approximate surface area is 53.4 Å². The van der Waals surface area contributed by atoms with Gasteiger partial charge in [0.1, 0.15) is 7.28 Å². The van der Waals surface area contributed by atoms with Gasteiger partial charge in [-0.1, -0.05) is 26.5 Å². The maximum absolute atomic E-state index is 7.57. The topological polar surface area (TPSA) is 20.2 Å². The molecule has 0 atom stereocenters. The van der Waals surface area contributed by atoms with Gasteiger partial charge in [-0.3, -0.25) is 0 Å². The molecule has 0 aliphatic rings. The molecule has 0 aliphatic carbocycles. The summed E-state index contributed by atoms with van der Waals surface area (Å²) in [5, 5.41) is 7.57. The average Bonchev–Trinajstić information content (AvgIpc) is 1.71. The van der Waals surface area contributed by atoms with E-state index in [1.54, 1.807) is 6.92 Å². The second-order valence-corrected chi connectivity index (χ2v) is 1.42. The van der Waals surface area contributed by atoms with Crippen LogP contribution in [0.3, 0.4) is 0 Å². The summed E-state index contributed by atoms with van der Waals surface area (Å²) in [6.07, 6.45) is 2.44. The zero-order valence-electron chi connectivity index (χ0n) is 6.15. The van der Waals surface area contributed by atoms with Crippen molar-refractivity contribution < 1.29 is 5.11 Å². The summed E-state index contributed by atoms with van der Waals surface area (Å²) in [5.41, 5.74) is 0. The van der Waals surface area contributed by atoms with Crippen molar-refractivity contribution in [2.75, 3.05) is 6.61 Å². The van der Waals surface area contributed by atoms with Crippen molar-refractivity contribution in [3.8, 4) is 0 Å². The molecule has 8 heavy (non-hydrogen) atoms. The van der Waals surface area contributed by atoms with E-state index in [0.717, 1.165) is 0 Å². The van der Waals surface area contributed by atoms with Crippen LogP contribution in [0.15, 0.2) is 0 Å². The third kappa shape index (κ3) is 37.1. The minimum absolute atomic E-state index is 0.250. The molecule has 0 spiro atoms. The molecule has 0 fully saturated rings. The summed E-state index contributed by atoms with van der Waals surface area (Å²) in [7, 11) is 2.25. The van der Waals surface area contributed by atoms with Gasteiger partial charge in [-0.2, -0.15) is 0 Å². The second-order valence-electron chi connectivity index (χ2n) is 1.42. The van der Waals surface area contributed by atoms with E-state index in [9.17, 15) is 0 Å². The number of aliphatic hydroxyl groups excluding tert-OH is 1. The van der Waals surface area contributed by atoms with Crippen molar-refractivity contribution in [3.63, 3.8) is 0 Å². The fraction of sp³-hybridized carbons (Fsp3) is 1.00. The minimum Gasteiger partial charge on any atom is -0.397 e. The van der Waals surface area contributed by atoms with Crippen LogP contribution in [0.4, 0.5) is 0 Å². The molecule has 0 saturated carbocycles. The Morgan fingerprint density at radius 3 is 1.38 bits per heavy atom. The van der Waals surface area contributed by atoms with E-state index in [1.807, 2.05) is 0 Å². The molecule has 0 aromatic carbocycles. The molecule has 1 radical (unpaired) electrons. The first-order valence-electron chi connectivity index (χ1n) is 3.25. The van der Waals surface area contributed by atoms with Gasteiger partial charge in [-0.15, -0.1) is 0 Å². The van der Waals surface area contributed by atoms with E-state index in [4.69, 9.17) is 5.11 Å². The van der Waals surface area contributed by atoms with Gasteiger partial charge in [0, 0.05) is 6.61 Å². The van der Waals surface area contributed by atoms with Gasteiger partial charge in [0.05, 0.1) is 0 Å². The lowest BCUT2D eigenvalue weighted by Gasteiger charge is -1.75. The predicted octanol–water partition coefficient (Wildman–Crippen LogP) is 1.57. The van der Waals surface area contributed by atoms with Crippen molar-refractivity contribution in [2.24, 2.45) is 0 Å². The van der Waals surface area contributed by atoms with E-state index in [2.05, 4.69) is 21.1 Å². The Balaban J connectivity index is 0. The van der Waals surface area contributed by atoms with Gasteiger partial charge in [-0.05, 0) is 6.92 Å². The molecular formula is C6H16BO. The maximum atomic E-state index is 7.57. The standard InChI is InChI=1S/C4H10B.C2H6O/c1-3-5-4-2;1-2-3/h3-4H2,1-2H3;3H,2H2,1H3. The third-order valence-corrected chi connectivity index (χ3v) is 0.577. The number of aliphatic hydroxyl groups is 1. The van der Waals surface area contributed by atoms with E-state index < -0.39 is 0 Å². The van der Waals surface area contributed by atoms with Crippen molar-refractivity contribution in [1.29, 1.82) is 0 Å². The summed E-state index contributed by atoms with van der Waals surface area (Å²) >= 11 is 0. The maximum Gasteiger partial charge on any atom is 0.108 e. The van der Waals surface area contributed by atoms with Gasteiger partial charge >= 0.3 is 0 Å². The van der Waals surface area contributed by atoms with Crippen LogP contribution in [0.5, 0.6) is 0 Å². The zero-order valence-corrected chi connectivity index (χ0v) is 6.15. The van der Waals surface area contributed by atoms with Crippen molar-refractivity contribution >= 4 is 7.28 Å². The highest BCUT2D eigenvalue weighted by molar-refractivity contribution is 6.34. The molecule has 1 N–H and O–H groups in total. The molecule has 0 amide bonds. The summed E-state index contributed by atoms with van der Waals surface area (Å²) in [4.78, 5) is 0. The van der Waals surface area contributed by atoms with Gasteiger partial charge in [-0.25, -0.2) is 0 Å². The van der Waals surface area contributed by atoms with Crippen LogP contribution in [-0.2, 0) is 0 Å². The molecule has 0 aromatic heterocycles. The summed E-state index contributed by atoms with van der Waals surface area (Å²) in [6, 6.07) is 0. The third-order valence-electron chi connectivity index (χ3n) is 0.577. The number of hydrogen-bond acceptors (Lipinski definition) is 1. The lowest BCUT2D eigenvalue weighted by Crippen LogP contribution is -1.76. The largest absolute Gasteiger partial charge is 0.397 e. The van der Waals surface area contributed by atoms with Crippen LogP contribution in [0.2, 0.25) is 12.6 Å². The smallest absolute Gasteiger partial charge is 0.108 e. The molecule has 0 heterocycles. The van der Waals surface area contributed by atoms with Crippen LogP contribution in [0.25, 0.3) is 0 Å². The van der Waals surface area contributed by atoms with Gasteiger partial charge in [0.15, 0.2) is 0 Å². The Bertz CT molecular complexity index is 22.5.